The van der Waals surface area contributed by atoms with Gasteiger partial charge in [0.25, 0.3) is 5.91 Å². The fraction of sp³-hybridized carbons (Fsp3) is 0.270. The van der Waals surface area contributed by atoms with Crippen LogP contribution in [0.1, 0.15) is 51.8 Å². The molecule has 3 aliphatic heterocycles. The molecule has 0 spiro atoms. The Morgan fingerprint density at radius 2 is 1.89 bits per heavy atom. The van der Waals surface area contributed by atoms with Gasteiger partial charge in [-0.15, -0.1) is 0 Å². The fourth-order valence-corrected chi connectivity index (χ4v) is 6.55. The summed E-state index contributed by atoms with van der Waals surface area (Å²) in [5.74, 6) is 2.57. The number of phenolic OH excluding ortho intramolecular Hbond substituents is 1. The Labute approximate surface area is 272 Å². The standard InChI is InChI=1S/C37H36N4O6/c1-23-39-30-6-3-4-7-31(30)40(23)18-15-35(43)41-17-14-24-20-26-9-11-28(24)36(41)25-8-13-33(45-2)34(21-25)46-19-5-16-38-37(44)29-22-27(47-26)10-12-32(29)42/h3-4,6-13,20-22,36,42H,5,14-19H2,1-2H3,(H,38,44). The Hall–Kier alpha value is -5.51. The molecule has 10 nitrogen and oxygen atoms in total. The summed E-state index contributed by atoms with van der Waals surface area (Å²) in [5.41, 5.74) is 5.04. The van der Waals surface area contributed by atoms with Gasteiger partial charge in [-0.25, -0.2) is 4.98 Å². The van der Waals surface area contributed by atoms with Gasteiger partial charge in [0.15, 0.2) is 11.5 Å². The van der Waals surface area contributed by atoms with Crippen LogP contribution in [0.2, 0.25) is 0 Å². The molecule has 5 aromatic rings. The largest absolute Gasteiger partial charge is 0.507 e. The number of amides is 2. The summed E-state index contributed by atoms with van der Waals surface area (Å²) in [5, 5.41) is 13.2. The zero-order valence-corrected chi connectivity index (χ0v) is 26.4. The van der Waals surface area contributed by atoms with Gasteiger partial charge in [-0.05, 0) is 91.1 Å². The number of aryl methyl sites for hydroxylation is 2. The first kappa shape index (κ1) is 30.2. The zero-order valence-electron chi connectivity index (χ0n) is 26.4. The number of benzene rings is 4. The predicted molar refractivity (Wildman–Crippen MR) is 176 cm³/mol. The number of imidazole rings is 1. The number of hydrogen-bond acceptors (Lipinski definition) is 7. The lowest BCUT2D eigenvalue weighted by molar-refractivity contribution is -0.133. The maximum atomic E-state index is 14.1. The topological polar surface area (TPSA) is 115 Å². The molecule has 8 rings (SSSR count). The van der Waals surface area contributed by atoms with E-state index in [9.17, 15) is 14.7 Å². The minimum Gasteiger partial charge on any atom is -0.507 e. The van der Waals surface area contributed by atoms with E-state index in [-0.39, 0.29) is 23.3 Å². The van der Waals surface area contributed by atoms with E-state index in [1.54, 1.807) is 13.2 Å². The van der Waals surface area contributed by atoms with Gasteiger partial charge in [0.05, 0.1) is 36.4 Å². The number of methoxy groups -OCH3 is 1. The molecule has 0 radical (unpaired) electrons. The third-order valence-corrected chi connectivity index (χ3v) is 8.87. The van der Waals surface area contributed by atoms with Gasteiger partial charge in [0.1, 0.15) is 23.1 Å². The molecule has 8 bridgehead atoms. The Kier molecular flexibility index (Phi) is 8.15. The van der Waals surface area contributed by atoms with Crippen LogP contribution in [-0.4, -0.2) is 58.2 Å². The molecule has 2 amide bonds. The molecule has 240 valence electrons. The van der Waals surface area contributed by atoms with Crippen molar-refractivity contribution in [2.45, 2.75) is 38.8 Å². The molecule has 1 unspecified atom stereocenters. The molecule has 10 heteroatoms. The first-order chi connectivity index (χ1) is 22.9. The average molecular weight is 633 g/mol. The number of carbonyl (C=O) groups is 2. The Morgan fingerprint density at radius 1 is 1.06 bits per heavy atom. The van der Waals surface area contributed by atoms with Crippen LogP contribution in [0.15, 0.2) is 78.9 Å². The molecule has 0 saturated carbocycles. The van der Waals surface area contributed by atoms with Crippen molar-refractivity contribution < 1.29 is 28.9 Å². The SMILES string of the molecule is COc1ccc2cc1OCCCNC(=O)c1cc(ccc1O)Oc1ccc3c(c1)CCN(C(=O)CCn1c(C)nc4ccccc41)C23. The number of para-hydroxylation sites is 2. The maximum Gasteiger partial charge on any atom is 0.255 e. The number of nitrogens with zero attached hydrogens (tertiary/aromatic N) is 3. The molecule has 1 atom stereocenters. The molecule has 3 aliphatic rings. The van der Waals surface area contributed by atoms with Crippen LogP contribution in [0.4, 0.5) is 0 Å². The first-order valence-corrected chi connectivity index (χ1v) is 15.8. The van der Waals surface area contributed by atoms with Crippen LogP contribution in [0, 0.1) is 6.92 Å². The van der Waals surface area contributed by atoms with E-state index in [0.29, 0.717) is 68.5 Å². The molecule has 0 fully saturated rings. The summed E-state index contributed by atoms with van der Waals surface area (Å²) in [6.45, 7) is 3.68. The summed E-state index contributed by atoms with van der Waals surface area (Å²) in [6.07, 6.45) is 1.49. The highest BCUT2D eigenvalue weighted by Gasteiger charge is 2.33. The molecule has 47 heavy (non-hydrogen) atoms. The molecule has 0 aliphatic carbocycles. The molecule has 0 saturated heterocycles. The van der Waals surface area contributed by atoms with E-state index in [4.69, 9.17) is 14.2 Å². The van der Waals surface area contributed by atoms with Gasteiger partial charge in [0, 0.05) is 26.1 Å². The van der Waals surface area contributed by atoms with E-state index >= 15 is 0 Å². The van der Waals surface area contributed by atoms with Crippen molar-refractivity contribution in [1.82, 2.24) is 19.8 Å². The number of phenols is 1. The highest BCUT2D eigenvalue weighted by molar-refractivity contribution is 5.97. The third-order valence-electron chi connectivity index (χ3n) is 8.87. The predicted octanol–water partition coefficient (Wildman–Crippen LogP) is 5.93. The van der Waals surface area contributed by atoms with Gasteiger partial charge >= 0.3 is 0 Å². The van der Waals surface area contributed by atoms with Gasteiger partial charge in [-0.3, -0.25) is 9.59 Å². The van der Waals surface area contributed by atoms with Crippen molar-refractivity contribution >= 4 is 22.8 Å². The second-order valence-electron chi connectivity index (χ2n) is 11.8. The van der Waals surface area contributed by atoms with Crippen LogP contribution in [0.3, 0.4) is 0 Å². The van der Waals surface area contributed by atoms with Crippen molar-refractivity contribution in [3.05, 3.63) is 107 Å². The Balaban J connectivity index is 1.26. The summed E-state index contributed by atoms with van der Waals surface area (Å²) in [7, 11) is 1.59. The lowest BCUT2D eigenvalue weighted by Crippen LogP contribution is -2.41. The number of ether oxygens (including phenoxy) is 3. The van der Waals surface area contributed by atoms with Crippen LogP contribution in [0.5, 0.6) is 28.7 Å². The number of rotatable bonds is 4. The molecular weight excluding hydrogens is 596 g/mol. The van der Waals surface area contributed by atoms with E-state index in [0.717, 1.165) is 33.5 Å². The van der Waals surface area contributed by atoms with Gasteiger partial charge in [0.2, 0.25) is 5.91 Å². The molecule has 4 heterocycles. The molecule has 2 N–H and O–H groups in total. The lowest BCUT2D eigenvalue weighted by Gasteiger charge is -2.38. The van der Waals surface area contributed by atoms with E-state index in [2.05, 4.69) is 14.9 Å². The zero-order chi connectivity index (χ0) is 32.5. The van der Waals surface area contributed by atoms with E-state index < -0.39 is 5.91 Å². The summed E-state index contributed by atoms with van der Waals surface area (Å²) < 4.78 is 20.1. The van der Waals surface area contributed by atoms with Crippen molar-refractivity contribution in [3.63, 3.8) is 0 Å². The number of aromatic nitrogens is 2. The van der Waals surface area contributed by atoms with Crippen molar-refractivity contribution in [1.29, 1.82) is 0 Å². The fourth-order valence-electron chi connectivity index (χ4n) is 6.55. The van der Waals surface area contributed by atoms with Crippen LogP contribution >= 0.6 is 0 Å². The summed E-state index contributed by atoms with van der Waals surface area (Å²) in [4.78, 5) is 33.6. The van der Waals surface area contributed by atoms with E-state index in [1.165, 1.54) is 12.1 Å². The second-order valence-corrected chi connectivity index (χ2v) is 11.8. The normalized spacial score (nSPS) is 16.1. The highest BCUT2D eigenvalue weighted by atomic mass is 16.5. The summed E-state index contributed by atoms with van der Waals surface area (Å²) in [6, 6.07) is 23.9. The number of nitrogens with one attached hydrogen (secondary N) is 1. The summed E-state index contributed by atoms with van der Waals surface area (Å²) >= 11 is 0. The number of aromatic hydroxyl groups is 1. The molecule has 1 aromatic heterocycles. The highest BCUT2D eigenvalue weighted by Crippen LogP contribution is 2.41. The maximum absolute atomic E-state index is 14.1. The smallest absolute Gasteiger partial charge is 0.255 e. The molecule has 4 aromatic carbocycles. The minimum atomic E-state index is -0.400. The number of fused-ring (bicyclic) bond motifs is 7. The van der Waals surface area contributed by atoms with E-state index in [1.807, 2.05) is 72.5 Å². The average Bonchev–Trinajstić information content (AvgIpc) is 3.41. The van der Waals surface area contributed by atoms with Crippen LogP contribution in [-0.2, 0) is 17.8 Å². The second kappa shape index (κ2) is 12.7. The van der Waals surface area contributed by atoms with Crippen LogP contribution in [0.25, 0.3) is 11.0 Å². The number of hydrogen-bond donors (Lipinski definition) is 2. The number of carbonyl (C=O) groups excluding carboxylic acids is 2. The van der Waals surface area contributed by atoms with Crippen LogP contribution < -0.4 is 19.5 Å². The Bertz CT molecular complexity index is 1990. The first-order valence-electron chi connectivity index (χ1n) is 15.8. The van der Waals surface area contributed by atoms with Crippen molar-refractivity contribution in [3.8, 4) is 28.7 Å². The lowest BCUT2D eigenvalue weighted by atomic mass is 9.87. The monoisotopic (exact) mass is 632 g/mol. The van der Waals surface area contributed by atoms with Gasteiger partial charge in [-0.1, -0.05) is 24.3 Å². The van der Waals surface area contributed by atoms with Crippen molar-refractivity contribution in [2.24, 2.45) is 0 Å². The van der Waals surface area contributed by atoms with Gasteiger partial charge in [-0.2, -0.15) is 0 Å². The Morgan fingerprint density at radius 3 is 2.77 bits per heavy atom. The van der Waals surface area contributed by atoms with Gasteiger partial charge < -0.3 is 34.1 Å². The van der Waals surface area contributed by atoms with Crippen molar-refractivity contribution in [2.75, 3.05) is 26.8 Å². The molecular formula is C37H36N4O6. The minimum absolute atomic E-state index is 0.0472. The third kappa shape index (κ3) is 5.94. The quantitative estimate of drug-likeness (QED) is 0.253.